The molecule has 1 aromatic rings. The Morgan fingerprint density at radius 1 is 1.67 bits per heavy atom. The first kappa shape index (κ1) is 11.3. The Hall–Kier alpha value is -1.74. The van der Waals surface area contributed by atoms with Crippen LogP contribution in [0.2, 0.25) is 5.15 Å². The Morgan fingerprint density at radius 2 is 2.27 bits per heavy atom. The Morgan fingerprint density at radius 3 is 2.67 bits per heavy atom. The van der Waals surface area contributed by atoms with Gasteiger partial charge in [-0.3, -0.25) is 0 Å². The van der Waals surface area contributed by atoms with Crippen molar-refractivity contribution in [3.05, 3.63) is 28.0 Å². The van der Waals surface area contributed by atoms with Crippen LogP contribution in [0.5, 0.6) is 0 Å². The van der Waals surface area contributed by atoms with Crippen LogP contribution in [0.25, 0.3) is 0 Å². The van der Waals surface area contributed by atoms with Crippen molar-refractivity contribution in [3.8, 4) is 6.07 Å². The van der Waals surface area contributed by atoms with Crippen LogP contribution >= 0.6 is 11.6 Å². The summed E-state index contributed by atoms with van der Waals surface area (Å²) >= 11 is 5.41. The number of hydrogen-bond donors (Lipinski definition) is 1. The number of nitriles is 1. The molecule has 0 fully saturated rings. The molecule has 0 unspecified atom stereocenters. The smallest absolute Gasteiger partial charge is 0.355 e. The van der Waals surface area contributed by atoms with Crippen molar-refractivity contribution in [1.82, 2.24) is 4.98 Å². The first-order chi connectivity index (χ1) is 6.97. The molecule has 78 valence electrons. The topological polar surface area (TPSA) is 74.0 Å². The predicted octanol–water partition coefficient (Wildman–Crippen LogP) is 2.24. The van der Waals surface area contributed by atoms with Gasteiger partial charge in [-0.05, 0) is 6.07 Å². The van der Waals surface area contributed by atoms with E-state index in [1.807, 2.05) is 0 Å². The van der Waals surface area contributed by atoms with Gasteiger partial charge in [-0.2, -0.15) is 5.26 Å². The number of halogens is 3. The van der Waals surface area contributed by atoms with Gasteiger partial charge in [-0.1, -0.05) is 11.6 Å². The number of carboxylic acid groups (broad SMARTS) is 1. The molecule has 0 spiro atoms. The Balaban J connectivity index is 3.47. The molecule has 1 N–H and O–H groups in total. The van der Waals surface area contributed by atoms with E-state index in [2.05, 4.69) is 4.98 Å². The second-order valence-electron chi connectivity index (χ2n) is 2.48. The molecule has 1 heterocycles. The molecule has 0 aromatic carbocycles. The first-order valence-corrected chi connectivity index (χ1v) is 3.97. The highest BCUT2D eigenvalue weighted by Crippen LogP contribution is 2.25. The molecule has 0 bridgehead atoms. The minimum atomic E-state index is -3.02. The van der Waals surface area contributed by atoms with E-state index < -0.39 is 28.8 Å². The maximum absolute atomic E-state index is 12.4. The van der Waals surface area contributed by atoms with Gasteiger partial charge in [0.1, 0.15) is 11.2 Å². The van der Waals surface area contributed by atoms with Gasteiger partial charge in [0.05, 0.1) is 11.1 Å². The molecule has 0 aliphatic heterocycles. The Kier molecular flexibility index (Phi) is 3.17. The van der Waals surface area contributed by atoms with E-state index in [9.17, 15) is 13.6 Å². The lowest BCUT2D eigenvalue weighted by atomic mass is 10.1. The molecule has 0 saturated carbocycles. The van der Waals surface area contributed by atoms with E-state index in [1.54, 1.807) is 0 Å². The highest BCUT2D eigenvalue weighted by atomic mass is 35.5. The van der Waals surface area contributed by atoms with Crippen molar-refractivity contribution in [2.24, 2.45) is 0 Å². The lowest BCUT2D eigenvalue weighted by Crippen LogP contribution is -2.07. The van der Waals surface area contributed by atoms with Crippen LogP contribution in [-0.2, 0) is 0 Å². The number of rotatable bonds is 2. The molecule has 0 radical (unpaired) electrons. The summed E-state index contributed by atoms with van der Waals surface area (Å²) in [5, 5.41) is 16.6. The van der Waals surface area contributed by atoms with Crippen molar-refractivity contribution in [1.29, 1.82) is 5.26 Å². The van der Waals surface area contributed by atoms with Crippen molar-refractivity contribution >= 4 is 17.6 Å². The summed E-state index contributed by atoms with van der Waals surface area (Å²) in [6.07, 6.45) is -3.02. The number of aromatic nitrogens is 1. The van der Waals surface area contributed by atoms with E-state index in [-0.39, 0.29) is 5.56 Å². The van der Waals surface area contributed by atoms with Gasteiger partial charge < -0.3 is 5.11 Å². The SMILES string of the molecule is N#Cc1cc(C(F)F)c(C(=O)O)nc1Cl. The standard InChI is InChI=1S/C8H3ClF2N2O2/c9-6-3(2-12)1-4(7(10)11)5(13-6)8(14)15/h1,7H,(H,14,15). The third-order valence-corrected chi connectivity index (χ3v) is 1.85. The maximum atomic E-state index is 12.4. The summed E-state index contributed by atoms with van der Waals surface area (Å²) in [5.41, 5.74) is -1.94. The third kappa shape index (κ3) is 2.19. The highest BCUT2D eigenvalue weighted by Gasteiger charge is 2.22. The molecule has 0 aliphatic carbocycles. The highest BCUT2D eigenvalue weighted by molar-refractivity contribution is 6.30. The molecular weight excluding hydrogens is 230 g/mol. The van der Waals surface area contributed by atoms with Crippen LogP contribution < -0.4 is 0 Å². The molecule has 0 atom stereocenters. The van der Waals surface area contributed by atoms with E-state index >= 15 is 0 Å². The number of pyridine rings is 1. The van der Waals surface area contributed by atoms with Crippen LogP contribution in [0.1, 0.15) is 28.0 Å². The summed E-state index contributed by atoms with van der Waals surface area (Å²) in [6, 6.07) is 2.26. The fourth-order valence-corrected chi connectivity index (χ4v) is 1.10. The second-order valence-corrected chi connectivity index (χ2v) is 2.84. The number of alkyl halides is 2. The van der Waals surface area contributed by atoms with Crippen LogP contribution in [0, 0.1) is 11.3 Å². The van der Waals surface area contributed by atoms with Crippen molar-refractivity contribution in [2.75, 3.05) is 0 Å². The largest absolute Gasteiger partial charge is 0.476 e. The summed E-state index contributed by atoms with van der Waals surface area (Å²) < 4.78 is 24.8. The minimum absolute atomic E-state index is 0.281. The Bertz CT molecular complexity index is 457. The lowest BCUT2D eigenvalue weighted by Gasteiger charge is -2.05. The minimum Gasteiger partial charge on any atom is -0.476 e. The monoisotopic (exact) mass is 232 g/mol. The average Bonchev–Trinajstić information content (AvgIpc) is 2.16. The van der Waals surface area contributed by atoms with Gasteiger partial charge in [-0.15, -0.1) is 0 Å². The summed E-state index contributed by atoms with van der Waals surface area (Å²) in [7, 11) is 0. The number of carboxylic acids is 1. The number of hydrogen-bond acceptors (Lipinski definition) is 3. The molecular formula is C8H3ClF2N2O2. The zero-order valence-electron chi connectivity index (χ0n) is 7.04. The molecule has 0 aliphatic rings. The van der Waals surface area contributed by atoms with Crippen molar-refractivity contribution in [2.45, 2.75) is 6.43 Å². The molecule has 7 heteroatoms. The zero-order valence-corrected chi connectivity index (χ0v) is 7.79. The van der Waals surface area contributed by atoms with E-state index in [0.717, 1.165) is 6.07 Å². The van der Waals surface area contributed by atoms with Crippen molar-refractivity contribution in [3.63, 3.8) is 0 Å². The molecule has 0 saturated heterocycles. The van der Waals surface area contributed by atoms with Crippen LogP contribution in [0.15, 0.2) is 6.07 Å². The average molecular weight is 233 g/mol. The van der Waals surface area contributed by atoms with Crippen LogP contribution in [0.4, 0.5) is 8.78 Å². The van der Waals surface area contributed by atoms with E-state index in [1.165, 1.54) is 6.07 Å². The first-order valence-electron chi connectivity index (χ1n) is 3.59. The molecule has 4 nitrogen and oxygen atoms in total. The molecule has 1 aromatic heterocycles. The van der Waals surface area contributed by atoms with Gasteiger partial charge >= 0.3 is 5.97 Å². The van der Waals surface area contributed by atoms with Gasteiger partial charge in [0.25, 0.3) is 6.43 Å². The Labute approximate surface area is 87.7 Å². The molecule has 15 heavy (non-hydrogen) atoms. The lowest BCUT2D eigenvalue weighted by molar-refractivity contribution is 0.0677. The number of carbonyl (C=O) groups is 1. The zero-order chi connectivity index (χ0) is 11.6. The molecule has 1 rings (SSSR count). The summed E-state index contributed by atoms with van der Waals surface area (Å²) in [5.74, 6) is -1.61. The van der Waals surface area contributed by atoms with Crippen LogP contribution in [0.3, 0.4) is 0 Å². The fourth-order valence-electron chi connectivity index (χ4n) is 0.922. The molecule has 0 amide bonds. The van der Waals surface area contributed by atoms with Crippen LogP contribution in [-0.4, -0.2) is 16.1 Å². The number of aromatic carboxylic acids is 1. The van der Waals surface area contributed by atoms with Gasteiger partial charge in [0.2, 0.25) is 0 Å². The third-order valence-electron chi connectivity index (χ3n) is 1.56. The maximum Gasteiger partial charge on any atom is 0.355 e. The van der Waals surface area contributed by atoms with Gasteiger partial charge in [0.15, 0.2) is 5.69 Å². The quantitative estimate of drug-likeness (QED) is 0.794. The van der Waals surface area contributed by atoms with E-state index in [4.69, 9.17) is 22.0 Å². The van der Waals surface area contributed by atoms with E-state index in [0.29, 0.717) is 0 Å². The second kappa shape index (κ2) is 4.19. The van der Waals surface area contributed by atoms with Gasteiger partial charge in [-0.25, -0.2) is 18.6 Å². The van der Waals surface area contributed by atoms with Crippen molar-refractivity contribution < 1.29 is 18.7 Å². The normalized spacial score (nSPS) is 10.1. The van der Waals surface area contributed by atoms with Gasteiger partial charge in [0, 0.05) is 0 Å². The fraction of sp³-hybridized carbons (Fsp3) is 0.125. The number of nitrogens with zero attached hydrogens (tertiary/aromatic N) is 2. The predicted molar refractivity (Wildman–Crippen MR) is 45.9 cm³/mol. The summed E-state index contributed by atoms with van der Waals surface area (Å²) in [4.78, 5) is 13.8. The summed E-state index contributed by atoms with van der Waals surface area (Å²) in [6.45, 7) is 0.